The molecule has 1 N–H and O–H groups in total. The molecule has 3 heterocycles. The van der Waals surface area contributed by atoms with Crippen molar-refractivity contribution < 1.29 is 4.79 Å². The summed E-state index contributed by atoms with van der Waals surface area (Å²) >= 11 is 0. The van der Waals surface area contributed by atoms with Crippen molar-refractivity contribution in [2.45, 2.75) is 45.1 Å². The van der Waals surface area contributed by atoms with Crippen LogP contribution in [0.5, 0.6) is 0 Å². The molecule has 1 aromatic rings. The first-order valence-electron chi connectivity index (χ1n) is 9.50. The molecule has 0 aliphatic carbocycles. The van der Waals surface area contributed by atoms with Crippen molar-refractivity contribution in [3.63, 3.8) is 0 Å². The summed E-state index contributed by atoms with van der Waals surface area (Å²) in [6.07, 6.45) is 6.73. The van der Waals surface area contributed by atoms with Crippen LogP contribution in [0.2, 0.25) is 0 Å². The largest absolute Gasteiger partial charge is 0.374 e. The molecule has 130 valence electrons. The zero-order chi connectivity index (χ0) is 16.6. The maximum atomic E-state index is 12.3. The second-order valence-corrected chi connectivity index (χ2v) is 7.90. The molecule has 24 heavy (non-hydrogen) atoms. The number of hydrogen-bond acceptors (Lipinski definition) is 3. The van der Waals surface area contributed by atoms with Crippen molar-refractivity contribution in [2.75, 3.05) is 38.1 Å². The standard InChI is InChI=1S/C20H29N3O/c1-22-11-2-4-17-14-16(5-6-18(17)22)15-23-12-8-20(9-13-23)7-3-10-21-19(20)24/h5-6,14H,2-4,7-13,15H2,1H3,(H,21,24). The number of nitrogens with zero attached hydrogens (tertiary/aromatic N) is 2. The Bertz CT molecular complexity index is 619. The highest BCUT2D eigenvalue weighted by atomic mass is 16.2. The Labute approximate surface area is 145 Å². The average molecular weight is 327 g/mol. The van der Waals surface area contributed by atoms with Crippen molar-refractivity contribution in [1.29, 1.82) is 0 Å². The number of amides is 1. The number of benzene rings is 1. The van der Waals surface area contributed by atoms with E-state index >= 15 is 0 Å². The molecule has 4 nitrogen and oxygen atoms in total. The van der Waals surface area contributed by atoms with Crippen molar-refractivity contribution in [3.05, 3.63) is 29.3 Å². The lowest BCUT2D eigenvalue weighted by Gasteiger charge is -2.43. The number of aryl methyl sites for hydroxylation is 1. The SMILES string of the molecule is CN1CCCc2cc(CN3CCC4(CCCNC4=O)CC3)ccc21. The predicted octanol–water partition coefficient (Wildman–Crippen LogP) is 2.56. The molecule has 4 heteroatoms. The van der Waals surface area contributed by atoms with Crippen molar-refractivity contribution in [3.8, 4) is 0 Å². The molecular weight excluding hydrogens is 298 g/mol. The van der Waals surface area contributed by atoms with E-state index in [1.807, 2.05) is 0 Å². The van der Waals surface area contributed by atoms with Gasteiger partial charge in [-0.05, 0) is 68.8 Å². The van der Waals surface area contributed by atoms with Crippen LogP contribution in [0.15, 0.2) is 18.2 Å². The molecule has 0 unspecified atom stereocenters. The Hall–Kier alpha value is -1.55. The van der Waals surface area contributed by atoms with Gasteiger partial charge < -0.3 is 10.2 Å². The van der Waals surface area contributed by atoms with Gasteiger partial charge in [-0.3, -0.25) is 9.69 Å². The average Bonchev–Trinajstić information content (AvgIpc) is 2.60. The third kappa shape index (κ3) is 2.92. The van der Waals surface area contributed by atoms with Crippen LogP contribution in [0, 0.1) is 5.41 Å². The highest BCUT2D eigenvalue weighted by molar-refractivity contribution is 5.83. The number of carbonyl (C=O) groups is 1. The van der Waals surface area contributed by atoms with Gasteiger partial charge in [0.05, 0.1) is 5.41 Å². The van der Waals surface area contributed by atoms with E-state index in [9.17, 15) is 4.79 Å². The maximum Gasteiger partial charge on any atom is 0.226 e. The fourth-order valence-corrected chi connectivity index (χ4v) is 4.74. The van der Waals surface area contributed by atoms with Gasteiger partial charge in [-0.15, -0.1) is 0 Å². The molecule has 4 rings (SSSR count). The molecule has 0 aromatic heterocycles. The number of likely N-dealkylation sites (tertiary alicyclic amines) is 1. The fourth-order valence-electron chi connectivity index (χ4n) is 4.74. The highest BCUT2D eigenvalue weighted by Crippen LogP contribution is 2.38. The first-order valence-corrected chi connectivity index (χ1v) is 9.50. The quantitative estimate of drug-likeness (QED) is 0.907. The fraction of sp³-hybridized carbons (Fsp3) is 0.650. The van der Waals surface area contributed by atoms with Crippen LogP contribution < -0.4 is 10.2 Å². The molecule has 1 spiro atoms. The molecule has 1 amide bonds. The number of nitrogens with one attached hydrogen (secondary N) is 1. The van der Waals surface area contributed by atoms with Crippen molar-refractivity contribution >= 4 is 11.6 Å². The second kappa shape index (κ2) is 6.40. The highest BCUT2D eigenvalue weighted by Gasteiger charge is 2.42. The molecule has 2 saturated heterocycles. The molecular formula is C20H29N3O. The monoisotopic (exact) mass is 327 g/mol. The molecule has 0 bridgehead atoms. The molecule has 0 radical (unpaired) electrons. The lowest BCUT2D eigenvalue weighted by atomic mass is 9.72. The first kappa shape index (κ1) is 15.9. The number of fused-ring (bicyclic) bond motifs is 1. The lowest BCUT2D eigenvalue weighted by molar-refractivity contribution is -0.136. The summed E-state index contributed by atoms with van der Waals surface area (Å²) in [6, 6.07) is 6.99. The van der Waals surface area contributed by atoms with E-state index in [-0.39, 0.29) is 5.41 Å². The summed E-state index contributed by atoms with van der Waals surface area (Å²) in [5.74, 6) is 0.310. The van der Waals surface area contributed by atoms with E-state index in [2.05, 4.69) is 40.4 Å². The van der Waals surface area contributed by atoms with Gasteiger partial charge in [0.25, 0.3) is 0 Å². The Morgan fingerprint density at radius 2 is 1.96 bits per heavy atom. The lowest BCUT2D eigenvalue weighted by Crippen LogP contribution is -2.51. The van der Waals surface area contributed by atoms with E-state index < -0.39 is 0 Å². The molecule has 0 atom stereocenters. The molecule has 2 fully saturated rings. The smallest absolute Gasteiger partial charge is 0.226 e. The van der Waals surface area contributed by atoms with E-state index in [1.165, 1.54) is 36.2 Å². The van der Waals surface area contributed by atoms with E-state index in [1.54, 1.807) is 0 Å². The Balaban J connectivity index is 1.40. The van der Waals surface area contributed by atoms with Crippen LogP contribution in [-0.4, -0.2) is 44.0 Å². The number of rotatable bonds is 2. The van der Waals surface area contributed by atoms with Crippen LogP contribution in [0.25, 0.3) is 0 Å². The normalized spacial score (nSPS) is 23.9. The predicted molar refractivity (Wildman–Crippen MR) is 97.2 cm³/mol. The Kier molecular flexibility index (Phi) is 4.25. The second-order valence-electron chi connectivity index (χ2n) is 7.90. The van der Waals surface area contributed by atoms with E-state index in [4.69, 9.17) is 0 Å². The van der Waals surface area contributed by atoms with Gasteiger partial charge in [0.1, 0.15) is 0 Å². The van der Waals surface area contributed by atoms with Gasteiger partial charge in [0, 0.05) is 32.4 Å². The van der Waals surface area contributed by atoms with Gasteiger partial charge in [0.2, 0.25) is 5.91 Å². The molecule has 3 aliphatic heterocycles. The third-order valence-corrected chi connectivity index (χ3v) is 6.31. The van der Waals surface area contributed by atoms with Gasteiger partial charge in [0.15, 0.2) is 0 Å². The summed E-state index contributed by atoms with van der Waals surface area (Å²) in [4.78, 5) is 17.2. The van der Waals surface area contributed by atoms with Crippen LogP contribution >= 0.6 is 0 Å². The minimum atomic E-state index is -0.0622. The molecule has 3 aliphatic rings. The Morgan fingerprint density at radius 3 is 2.75 bits per heavy atom. The Morgan fingerprint density at radius 1 is 1.12 bits per heavy atom. The van der Waals surface area contributed by atoms with Gasteiger partial charge >= 0.3 is 0 Å². The summed E-state index contributed by atoms with van der Waals surface area (Å²) in [5.41, 5.74) is 4.27. The first-order chi connectivity index (χ1) is 11.7. The maximum absolute atomic E-state index is 12.3. The third-order valence-electron chi connectivity index (χ3n) is 6.31. The van der Waals surface area contributed by atoms with Gasteiger partial charge in [-0.25, -0.2) is 0 Å². The van der Waals surface area contributed by atoms with Crippen molar-refractivity contribution in [1.82, 2.24) is 10.2 Å². The molecule has 1 aromatic carbocycles. The van der Waals surface area contributed by atoms with Gasteiger partial charge in [-0.2, -0.15) is 0 Å². The zero-order valence-electron chi connectivity index (χ0n) is 14.8. The van der Waals surface area contributed by atoms with Crippen LogP contribution in [0.3, 0.4) is 0 Å². The van der Waals surface area contributed by atoms with E-state index in [0.29, 0.717) is 5.91 Å². The van der Waals surface area contributed by atoms with Crippen LogP contribution in [0.4, 0.5) is 5.69 Å². The topological polar surface area (TPSA) is 35.6 Å². The summed E-state index contributed by atoms with van der Waals surface area (Å²) < 4.78 is 0. The molecule has 0 saturated carbocycles. The summed E-state index contributed by atoms with van der Waals surface area (Å²) in [5, 5.41) is 3.08. The van der Waals surface area contributed by atoms with E-state index in [0.717, 1.165) is 51.9 Å². The van der Waals surface area contributed by atoms with Gasteiger partial charge in [-0.1, -0.05) is 12.1 Å². The number of hydrogen-bond donors (Lipinski definition) is 1. The minimum Gasteiger partial charge on any atom is -0.374 e. The number of anilines is 1. The number of carbonyl (C=O) groups excluding carboxylic acids is 1. The van der Waals surface area contributed by atoms with Crippen molar-refractivity contribution in [2.24, 2.45) is 5.41 Å². The summed E-state index contributed by atoms with van der Waals surface area (Å²) in [7, 11) is 2.19. The zero-order valence-corrected chi connectivity index (χ0v) is 14.8. The van der Waals surface area contributed by atoms with Crippen LogP contribution in [0.1, 0.15) is 43.2 Å². The van der Waals surface area contributed by atoms with Crippen LogP contribution in [-0.2, 0) is 17.8 Å². The summed E-state index contributed by atoms with van der Waals surface area (Å²) in [6.45, 7) is 5.15. The number of piperidine rings is 2. The minimum absolute atomic E-state index is 0.0622.